The number of amides is 1. The Labute approximate surface area is 97.1 Å². The fourth-order valence-corrected chi connectivity index (χ4v) is 1.37. The van der Waals surface area contributed by atoms with Gasteiger partial charge < -0.3 is 15.6 Å². The van der Waals surface area contributed by atoms with E-state index in [1.807, 2.05) is 0 Å². The summed E-state index contributed by atoms with van der Waals surface area (Å²) in [5.41, 5.74) is 6.63. The highest BCUT2D eigenvalue weighted by atomic mass is 16.1. The molecular weight excluding hydrogens is 220 g/mol. The smallest absolute Gasteiger partial charge is 0.240 e. The molecule has 0 radical (unpaired) electrons. The molecule has 0 aromatic carbocycles. The largest absolute Gasteiger partial charge is 0.382 e. The van der Waals surface area contributed by atoms with Gasteiger partial charge in [-0.2, -0.15) is 0 Å². The van der Waals surface area contributed by atoms with E-state index < -0.39 is 0 Å². The molecule has 0 saturated heterocycles. The average Bonchev–Trinajstić information content (AvgIpc) is 2.71. The van der Waals surface area contributed by atoms with Crippen molar-refractivity contribution < 1.29 is 4.79 Å². The molecule has 2 aromatic rings. The number of nitrogens with zero attached hydrogens (tertiary/aromatic N) is 4. The van der Waals surface area contributed by atoms with Crippen LogP contribution in [0.1, 0.15) is 0 Å². The number of nitrogens with two attached hydrogens (primary N) is 1. The fraction of sp³-hybridized carbons (Fsp3) is 0.200. The van der Waals surface area contributed by atoms with Crippen LogP contribution >= 0.6 is 0 Å². The van der Waals surface area contributed by atoms with Crippen molar-refractivity contribution >= 4 is 22.9 Å². The number of rotatable bonds is 3. The van der Waals surface area contributed by atoms with Gasteiger partial charge in [0.25, 0.3) is 0 Å². The number of carbonyl (C=O) groups excluding carboxylic acids is 1. The van der Waals surface area contributed by atoms with Gasteiger partial charge in [0.2, 0.25) is 5.91 Å². The summed E-state index contributed by atoms with van der Waals surface area (Å²) in [7, 11) is 0. The van der Waals surface area contributed by atoms with Gasteiger partial charge in [-0.25, -0.2) is 15.0 Å². The molecule has 0 aliphatic carbocycles. The average molecular weight is 230 g/mol. The van der Waals surface area contributed by atoms with E-state index in [1.165, 1.54) is 12.7 Å². The van der Waals surface area contributed by atoms with Crippen LogP contribution in [-0.2, 0) is 11.3 Å². The molecule has 7 nitrogen and oxygen atoms in total. The molecule has 0 bridgehead atoms. The van der Waals surface area contributed by atoms with E-state index in [2.05, 4.69) is 26.2 Å². The molecule has 1 amide bonds. The number of imidazole rings is 1. The number of nitrogen functional groups attached to an aromatic ring is 1. The molecule has 0 aliphatic rings. The molecule has 86 valence electrons. The summed E-state index contributed by atoms with van der Waals surface area (Å²) in [6.45, 7) is 0.289. The first-order chi connectivity index (χ1) is 8.22. The van der Waals surface area contributed by atoms with Gasteiger partial charge in [-0.15, -0.1) is 6.42 Å². The van der Waals surface area contributed by atoms with E-state index in [-0.39, 0.29) is 24.8 Å². The molecule has 0 aliphatic heterocycles. The second-order valence-corrected chi connectivity index (χ2v) is 3.28. The maximum Gasteiger partial charge on any atom is 0.240 e. The van der Waals surface area contributed by atoms with Gasteiger partial charge in [0.15, 0.2) is 11.5 Å². The molecule has 0 unspecified atom stereocenters. The van der Waals surface area contributed by atoms with Crippen molar-refractivity contribution in [2.24, 2.45) is 0 Å². The Bertz CT molecular complexity index is 596. The molecule has 0 spiro atoms. The Balaban J connectivity index is 2.23. The zero-order chi connectivity index (χ0) is 12.3. The highest BCUT2D eigenvalue weighted by Gasteiger charge is 2.09. The van der Waals surface area contributed by atoms with Crippen LogP contribution in [0.3, 0.4) is 0 Å². The number of fused-ring (bicyclic) bond motifs is 1. The van der Waals surface area contributed by atoms with Gasteiger partial charge in [0, 0.05) is 0 Å². The molecule has 2 heterocycles. The molecule has 2 rings (SSSR count). The number of carbonyl (C=O) groups is 1. The molecule has 7 heteroatoms. The molecule has 2 aromatic heterocycles. The Morgan fingerprint density at radius 3 is 3.12 bits per heavy atom. The van der Waals surface area contributed by atoms with Gasteiger partial charge in [-0.1, -0.05) is 5.92 Å². The van der Waals surface area contributed by atoms with Crippen LogP contribution in [0, 0.1) is 12.3 Å². The van der Waals surface area contributed by atoms with Gasteiger partial charge in [0.05, 0.1) is 12.9 Å². The standard InChI is InChI=1S/C10H10N6O/c1-2-3-12-7(17)4-16-6-15-8-9(11)13-5-14-10(8)16/h1,5-6H,3-4H2,(H,12,17)(H2,11,13,14). The van der Waals surface area contributed by atoms with Crippen LogP contribution in [0.25, 0.3) is 11.2 Å². The summed E-state index contributed by atoms with van der Waals surface area (Å²) in [4.78, 5) is 23.3. The van der Waals surface area contributed by atoms with Crippen LogP contribution in [0.2, 0.25) is 0 Å². The maximum absolute atomic E-state index is 11.5. The zero-order valence-electron chi connectivity index (χ0n) is 8.92. The van der Waals surface area contributed by atoms with Crippen LogP contribution in [0.15, 0.2) is 12.7 Å². The predicted octanol–water partition coefficient (Wildman–Crippen LogP) is -0.842. The monoisotopic (exact) mass is 230 g/mol. The van der Waals surface area contributed by atoms with Crippen molar-refractivity contribution in [2.45, 2.75) is 6.54 Å². The van der Waals surface area contributed by atoms with Gasteiger partial charge in [0.1, 0.15) is 18.4 Å². The van der Waals surface area contributed by atoms with Crippen molar-refractivity contribution in [1.82, 2.24) is 24.8 Å². The second-order valence-electron chi connectivity index (χ2n) is 3.28. The third-order valence-electron chi connectivity index (χ3n) is 2.13. The Morgan fingerprint density at radius 1 is 1.53 bits per heavy atom. The van der Waals surface area contributed by atoms with Crippen molar-refractivity contribution in [1.29, 1.82) is 0 Å². The van der Waals surface area contributed by atoms with Crippen LogP contribution in [0.5, 0.6) is 0 Å². The summed E-state index contributed by atoms with van der Waals surface area (Å²) in [6, 6.07) is 0. The predicted molar refractivity (Wildman–Crippen MR) is 61.6 cm³/mol. The lowest BCUT2D eigenvalue weighted by atomic mass is 10.5. The summed E-state index contributed by atoms with van der Waals surface area (Å²) in [6.07, 6.45) is 7.86. The van der Waals surface area contributed by atoms with Gasteiger partial charge in [-0.3, -0.25) is 4.79 Å². The summed E-state index contributed by atoms with van der Waals surface area (Å²) < 4.78 is 1.58. The Hall–Kier alpha value is -2.62. The minimum Gasteiger partial charge on any atom is -0.382 e. The molecule has 17 heavy (non-hydrogen) atoms. The van der Waals surface area contributed by atoms with E-state index in [0.717, 1.165) is 0 Å². The van der Waals surface area contributed by atoms with Crippen molar-refractivity contribution in [3.8, 4) is 12.3 Å². The lowest BCUT2D eigenvalue weighted by Gasteiger charge is -2.03. The Kier molecular flexibility index (Phi) is 2.87. The summed E-state index contributed by atoms with van der Waals surface area (Å²) in [5.74, 6) is 2.40. The minimum absolute atomic E-state index is 0.0919. The first-order valence-corrected chi connectivity index (χ1v) is 4.84. The van der Waals surface area contributed by atoms with Crippen LogP contribution in [0.4, 0.5) is 5.82 Å². The third kappa shape index (κ3) is 2.15. The normalized spacial score (nSPS) is 10.1. The van der Waals surface area contributed by atoms with Gasteiger partial charge in [-0.05, 0) is 0 Å². The number of hydrogen-bond donors (Lipinski definition) is 2. The number of nitrogens with one attached hydrogen (secondary N) is 1. The number of aromatic nitrogens is 4. The third-order valence-corrected chi connectivity index (χ3v) is 2.13. The zero-order valence-corrected chi connectivity index (χ0v) is 8.92. The highest BCUT2D eigenvalue weighted by Crippen LogP contribution is 2.13. The quantitative estimate of drug-likeness (QED) is 0.670. The molecule has 3 N–H and O–H groups in total. The van der Waals surface area contributed by atoms with Crippen molar-refractivity contribution in [3.05, 3.63) is 12.7 Å². The van der Waals surface area contributed by atoms with Crippen molar-refractivity contribution in [2.75, 3.05) is 12.3 Å². The van der Waals surface area contributed by atoms with Crippen LogP contribution < -0.4 is 11.1 Å². The topological polar surface area (TPSA) is 98.7 Å². The van der Waals surface area contributed by atoms with Crippen LogP contribution in [-0.4, -0.2) is 32.0 Å². The first-order valence-electron chi connectivity index (χ1n) is 4.84. The van der Waals surface area contributed by atoms with E-state index >= 15 is 0 Å². The minimum atomic E-state index is -0.209. The Morgan fingerprint density at radius 2 is 2.35 bits per heavy atom. The summed E-state index contributed by atoms with van der Waals surface area (Å²) in [5, 5.41) is 2.55. The molecule has 0 atom stereocenters. The number of anilines is 1. The highest BCUT2D eigenvalue weighted by molar-refractivity contribution is 5.83. The molecule has 0 fully saturated rings. The number of hydrogen-bond acceptors (Lipinski definition) is 5. The lowest BCUT2D eigenvalue weighted by molar-refractivity contribution is -0.121. The lowest BCUT2D eigenvalue weighted by Crippen LogP contribution is -2.27. The molecule has 0 saturated carbocycles. The first kappa shape index (κ1) is 10.9. The SMILES string of the molecule is C#CCNC(=O)Cn1cnc2c(N)ncnc21. The van der Waals surface area contributed by atoms with E-state index in [4.69, 9.17) is 12.2 Å². The fourth-order valence-electron chi connectivity index (χ4n) is 1.37. The van der Waals surface area contributed by atoms with Crippen molar-refractivity contribution in [3.63, 3.8) is 0 Å². The van der Waals surface area contributed by atoms with Gasteiger partial charge >= 0.3 is 0 Å². The van der Waals surface area contributed by atoms with E-state index in [1.54, 1.807) is 4.57 Å². The molecular formula is C10H10N6O. The maximum atomic E-state index is 11.5. The summed E-state index contributed by atoms with van der Waals surface area (Å²) >= 11 is 0. The number of terminal acetylenes is 1. The van der Waals surface area contributed by atoms with E-state index in [9.17, 15) is 4.79 Å². The van der Waals surface area contributed by atoms with E-state index in [0.29, 0.717) is 11.2 Å². The second kappa shape index (κ2) is 4.49.